The van der Waals surface area contributed by atoms with Gasteiger partial charge in [0.2, 0.25) is 0 Å². The van der Waals surface area contributed by atoms with Crippen LogP contribution in [0.1, 0.15) is 16.7 Å². The van der Waals surface area contributed by atoms with Gasteiger partial charge in [-0.2, -0.15) is 15.8 Å². The molecule has 0 spiro atoms. The van der Waals surface area contributed by atoms with E-state index in [1.165, 1.54) is 0 Å². The Morgan fingerprint density at radius 2 is 1.30 bits per heavy atom. The van der Waals surface area contributed by atoms with E-state index in [1.807, 2.05) is 18.2 Å². The minimum atomic E-state index is 0.218. The van der Waals surface area contributed by atoms with Crippen molar-refractivity contribution in [3.8, 4) is 18.2 Å². The van der Waals surface area contributed by atoms with Gasteiger partial charge in [0.05, 0.1) is 22.8 Å². The summed E-state index contributed by atoms with van der Waals surface area (Å²) < 4.78 is 0. The minimum Gasteiger partial charge on any atom is -0.192 e. The standard InChI is InChI=1S/C17H9N3/c18-10-14-8-4-5-9-15(14)17(12-20)16(11-19)13-6-2-1-3-7-13/h1-9H. The van der Waals surface area contributed by atoms with Crippen molar-refractivity contribution < 1.29 is 0 Å². The molecule has 3 heteroatoms. The van der Waals surface area contributed by atoms with E-state index in [0.717, 1.165) is 0 Å². The van der Waals surface area contributed by atoms with Crippen LogP contribution in [0.15, 0.2) is 54.6 Å². The van der Waals surface area contributed by atoms with E-state index >= 15 is 0 Å². The third-order valence-corrected chi connectivity index (χ3v) is 2.85. The quantitative estimate of drug-likeness (QED) is 0.608. The molecule has 2 aromatic carbocycles. The van der Waals surface area contributed by atoms with E-state index < -0.39 is 0 Å². The third kappa shape index (κ3) is 2.41. The van der Waals surface area contributed by atoms with Gasteiger partial charge in [0.25, 0.3) is 0 Å². The van der Waals surface area contributed by atoms with Crippen LogP contribution in [0.4, 0.5) is 0 Å². The van der Waals surface area contributed by atoms with Crippen LogP contribution in [-0.2, 0) is 0 Å². The molecular weight excluding hydrogens is 246 g/mol. The zero-order valence-electron chi connectivity index (χ0n) is 10.5. The summed E-state index contributed by atoms with van der Waals surface area (Å²) in [5.41, 5.74) is 2.02. The fourth-order valence-electron chi connectivity index (χ4n) is 1.92. The van der Waals surface area contributed by atoms with Crippen LogP contribution in [0, 0.1) is 34.0 Å². The molecular formula is C17H9N3. The molecule has 0 bridgehead atoms. The largest absolute Gasteiger partial charge is 0.192 e. The summed E-state index contributed by atoms with van der Waals surface area (Å²) in [5.74, 6) is 0. The summed E-state index contributed by atoms with van der Waals surface area (Å²) in [5, 5.41) is 27.9. The van der Waals surface area contributed by atoms with Gasteiger partial charge >= 0.3 is 0 Å². The van der Waals surface area contributed by atoms with Crippen molar-refractivity contribution >= 4 is 11.1 Å². The van der Waals surface area contributed by atoms with Crippen molar-refractivity contribution in [2.75, 3.05) is 0 Å². The maximum atomic E-state index is 9.39. The van der Waals surface area contributed by atoms with Gasteiger partial charge in [-0.3, -0.25) is 0 Å². The van der Waals surface area contributed by atoms with E-state index in [4.69, 9.17) is 5.26 Å². The summed E-state index contributed by atoms with van der Waals surface area (Å²) in [6.45, 7) is 0. The van der Waals surface area contributed by atoms with Crippen molar-refractivity contribution in [1.82, 2.24) is 0 Å². The molecule has 0 fully saturated rings. The molecule has 0 amide bonds. The molecule has 3 nitrogen and oxygen atoms in total. The van der Waals surface area contributed by atoms with E-state index in [0.29, 0.717) is 16.7 Å². The first-order chi connectivity index (χ1) is 9.81. The fourth-order valence-corrected chi connectivity index (χ4v) is 1.92. The molecule has 2 rings (SSSR count). The first-order valence-electron chi connectivity index (χ1n) is 5.91. The highest BCUT2D eigenvalue weighted by Gasteiger charge is 2.14. The van der Waals surface area contributed by atoms with Gasteiger partial charge in [-0.1, -0.05) is 48.5 Å². The molecule has 0 saturated heterocycles. The molecule has 0 aliphatic heterocycles. The Hall–Kier alpha value is -3.35. The second-order valence-corrected chi connectivity index (χ2v) is 4.00. The molecule has 0 aromatic heterocycles. The van der Waals surface area contributed by atoms with Gasteiger partial charge < -0.3 is 0 Å². The predicted molar refractivity (Wildman–Crippen MR) is 75.6 cm³/mol. The number of hydrogen-bond donors (Lipinski definition) is 0. The summed E-state index contributed by atoms with van der Waals surface area (Å²) in [7, 11) is 0. The molecule has 0 N–H and O–H groups in total. The number of nitrogens with zero attached hydrogens (tertiary/aromatic N) is 3. The lowest BCUT2D eigenvalue weighted by atomic mass is 9.93. The summed E-state index contributed by atoms with van der Waals surface area (Å²) in [4.78, 5) is 0. The summed E-state index contributed by atoms with van der Waals surface area (Å²) >= 11 is 0. The number of nitriles is 3. The molecule has 0 saturated carbocycles. The first-order valence-corrected chi connectivity index (χ1v) is 5.91. The first kappa shape index (κ1) is 13.1. The molecule has 0 aliphatic rings. The highest BCUT2D eigenvalue weighted by molar-refractivity contribution is 6.03. The zero-order valence-corrected chi connectivity index (χ0v) is 10.5. The van der Waals surface area contributed by atoms with Gasteiger partial charge in [0, 0.05) is 5.56 Å². The fraction of sp³-hybridized carbons (Fsp3) is 0. The highest BCUT2D eigenvalue weighted by atomic mass is 14.3. The summed E-state index contributed by atoms with van der Waals surface area (Å²) in [6.07, 6.45) is 0. The van der Waals surface area contributed by atoms with E-state index in [2.05, 4.69) is 6.07 Å². The Morgan fingerprint density at radius 3 is 1.90 bits per heavy atom. The monoisotopic (exact) mass is 255 g/mol. The Balaban J connectivity index is 2.74. The Labute approximate surface area is 117 Å². The van der Waals surface area contributed by atoms with Crippen LogP contribution in [0.2, 0.25) is 0 Å². The predicted octanol–water partition coefficient (Wildman–Crippen LogP) is 3.52. The number of rotatable bonds is 2. The average molecular weight is 255 g/mol. The Bertz CT molecular complexity index is 781. The van der Waals surface area contributed by atoms with Crippen molar-refractivity contribution in [3.05, 3.63) is 71.3 Å². The SMILES string of the molecule is N#CC(=C(C#N)c1ccccc1C#N)c1ccccc1. The molecule has 0 aliphatic carbocycles. The van der Waals surface area contributed by atoms with Crippen LogP contribution in [-0.4, -0.2) is 0 Å². The lowest BCUT2D eigenvalue weighted by Crippen LogP contribution is -1.92. The molecule has 2 aromatic rings. The topological polar surface area (TPSA) is 71.4 Å². The smallest absolute Gasteiger partial charge is 0.101 e. The van der Waals surface area contributed by atoms with Crippen molar-refractivity contribution in [1.29, 1.82) is 15.8 Å². The van der Waals surface area contributed by atoms with Crippen molar-refractivity contribution in [2.45, 2.75) is 0 Å². The van der Waals surface area contributed by atoms with Crippen LogP contribution >= 0.6 is 0 Å². The molecule has 0 radical (unpaired) electrons. The molecule has 0 unspecified atom stereocenters. The number of benzene rings is 2. The average Bonchev–Trinajstić information content (AvgIpc) is 2.53. The molecule has 92 valence electrons. The normalized spacial score (nSPS) is 10.7. The Kier molecular flexibility index (Phi) is 3.93. The number of hydrogen-bond acceptors (Lipinski definition) is 3. The van der Waals surface area contributed by atoms with E-state index in [-0.39, 0.29) is 11.1 Å². The second kappa shape index (κ2) is 6.01. The van der Waals surface area contributed by atoms with Gasteiger partial charge in [0.15, 0.2) is 0 Å². The van der Waals surface area contributed by atoms with Crippen molar-refractivity contribution in [2.24, 2.45) is 0 Å². The van der Waals surface area contributed by atoms with E-state index in [1.54, 1.807) is 48.5 Å². The second-order valence-electron chi connectivity index (χ2n) is 4.00. The van der Waals surface area contributed by atoms with Gasteiger partial charge in [0.1, 0.15) is 12.1 Å². The third-order valence-electron chi connectivity index (χ3n) is 2.85. The lowest BCUT2D eigenvalue weighted by Gasteiger charge is -2.05. The minimum absolute atomic E-state index is 0.218. The lowest BCUT2D eigenvalue weighted by molar-refractivity contribution is 1.45. The Morgan fingerprint density at radius 1 is 0.700 bits per heavy atom. The molecule has 0 heterocycles. The highest BCUT2D eigenvalue weighted by Crippen LogP contribution is 2.27. The van der Waals surface area contributed by atoms with Gasteiger partial charge in [-0.05, 0) is 11.6 Å². The zero-order chi connectivity index (χ0) is 14.4. The van der Waals surface area contributed by atoms with Gasteiger partial charge in [-0.25, -0.2) is 0 Å². The molecule has 20 heavy (non-hydrogen) atoms. The molecule has 0 atom stereocenters. The van der Waals surface area contributed by atoms with Crippen LogP contribution in [0.5, 0.6) is 0 Å². The van der Waals surface area contributed by atoms with E-state index in [9.17, 15) is 10.5 Å². The van der Waals surface area contributed by atoms with Gasteiger partial charge in [-0.15, -0.1) is 0 Å². The van der Waals surface area contributed by atoms with Crippen molar-refractivity contribution in [3.63, 3.8) is 0 Å². The maximum Gasteiger partial charge on any atom is 0.101 e. The number of allylic oxidation sites excluding steroid dienone is 2. The summed E-state index contributed by atoms with van der Waals surface area (Å²) in [6, 6.07) is 21.9. The maximum absolute atomic E-state index is 9.39. The van der Waals surface area contributed by atoms with Crippen LogP contribution in [0.3, 0.4) is 0 Å². The van der Waals surface area contributed by atoms with Crippen LogP contribution in [0.25, 0.3) is 11.1 Å². The van der Waals surface area contributed by atoms with Crippen LogP contribution < -0.4 is 0 Å².